The Hall–Kier alpha value is -1.52. The average molecular weight is 507 g/mol. The molecule has 0 radical (unpaired) electrons. The number of nitrogen functional groups attached to an aromatic ring is 1. The first-order chi connectivity index (χ1) is 14.2. The van der Waals surface area contributed by atoms with Crippen molar-refractivity contribution in [2.75, 3.05) is 12.3 Å². The zero-order chi connectivity index (χ0) is 23.2. The Morgan fingerprint density at radius 2 is 1.90 bits per heavy atom. The summed E-state index contributed by atoms with van der Waals surface area (Å²) in [5, 5.41) is 10.1. The molecule has 0 saturated carbocycles. The standard InChI is InChI=1S/C10H16N5O13P3/c11-10-13-8-7(9(17)14-10)12-3-15(8)6-1-4(16)5(26-6)2-25-30(21,22)28-31(23,24)27-29(18,19)20/h3-6,16H,1-2H2,(H,21,22)(H,23,24)(H2,18,19,20)(H3,11,13,14,17)/t4-,5+,6-/m1/s1. The van der Waals surface area contributed by atoms with Crippen LogP contribution in [0.2, 0.25) is 0 Å². The van der Waals surface area contributed by atoms with Crippen molar-refractivity contribution in [1.82, 2.24) is 19.5 Å². The summed E-state index contributed by atoms with van der Waals surface area (Å²) in [7, 11) is -16.6. The van der Waals surface area contributed by atoms with Crippen molar-refractivity contribution < 1.29 is 56.3 Å². The fourth-order valence-electron chi connectivity index (χ4n) is 2.66. The molecular formula is C10H16N5O13P3. The molecule has 2 aromatic heterocycles. The van der Waals surface area contributed by atoms with Crippen molar-refractivity contribution in [3.63, 3.8) is 0 Å². The number of H-pyrrole nitrogens is 1. The summed E-state index contributed by atoms with van der Waals surface area (Å²) in [6.07, 6.45) is -2.36. The number of aliphatic hydroxyl groups excluding tert-OH is 1. The van der Waals surface area contributed by atoms with E-state index in [4.69, 9.17) is 25.2 Å². The van der Waals surface area contributed by atoms with E-state index in [1.165, 1.54) is 10.9 Å². The van der Waals surface area contributed by atoms with Crippen molar-refractivity contribution in [2.45, 2.75) is 24.9 Å². The number of phosphoric acid groups is 3. The van der Waals surface area contributed by atoms with Crippen LogP contribution in [0.15, 0.2) is 11.1 Å². The predicted octanol–water partition coefficient (Wildman–Crippen LogP) is -1.31. The highest BCUT2D eigenvalue weighted by atomic mass is 31.3. The summed E-state index contributed by atoms with van der Waals surface area (Å²) in [5.41, 5.74) is 4.89. The topological polar surface area (TPSA) is 279 Å². The van der Waals surface area contributed by atoms with Gasteiger partial charge in [-0.25, -0.2) is 18.7 Å². The third-order valence-corrected chi connectivity index (χ3v) is 7.59. The van der Waals surface area contributed by atoms with Crippen LogP contribution in [0.5, 0.6) is 0 Å². The van der Waals surface area contributed by atoms with Crippen LogP contribution < -0.4 is 11.3 Å². The normalized spacial score (nSPS) is 26.0. The molecule has 2 unspecified atom stereocenters. The number of phosphoric ester groups is 1. The van der Waals surface area contributed by atoms with Gasteiger partial charge in [0.2, 0.25) is 5.95 Å². The maximum Gasteiger partial charge on any atom is 0.490 e. The Morgan fingerprint density at radius 1 is 1.23 bits per heavy atom. The van der Waals surface area contributed by atoms with Gasteiger partial charge in [0.25, 0.3) is 5.56 Å². The van der Waals surface area contributed by atoms with Crippen LogP contribution in [0.25, 0.3) is 11.2 Å². The highest BCUT2D eigenvalue weighted by molar-refractivity contribution is 7.66. The number of fused-ring (bicyclic) bond motifs is 1. The molecule has 3 rings (SSSR count). The number of rotatable bonds is 8. The van der Waals surface area contributed by atoms with E-state index in [-0.39, 0.29) is 23.5 Å². The molecule has 1 aliphatic heterocycles. The van der Waals surface area contributed by atoms with E-state index in [1.807, 2.05) is 0 Å². The summed E-state index contributed by atoms with van der Waals surface area (Å²) < 4.78 is 52.1. The van der Waals surface area contributed by atoms with Gasteiger partial charge in [-0.3, -0.25) is 18.9 Å². The van der Waals surface area contributed by atoms with Crippen LogP contribution >= 0.6 is 23.5 Å². The van der Waals surface area contributed by atoms with E-state index in [0.717, 1.165) is 0 Å². The number of aliphatic hydroxyl groups is 1. The second-order valence-electron chi connectivity index (χ2n) is 6.09. The Kier molecular flexibility index (Phi) is 6.57. The smallest absolute Gasteiger partial charge is 0.390 e. The number of aromatic nitrogens is 4. The van der Waals surface area contributed by atoms with Crippen molar-refractivity contribution in [3.05, 3.63) is 16.7 Å². The van der Waals surface area contributed by atoms with E-state index >= 15 is 0 Å². The number of aromatic amines is 1. The molecule has 0 spiro atoms. The Morgan fingerprint density at radius 3 is 2.55 bits per heavy atom. The summed E-state index contributed by atoms with van der Waals surface area (Å²) in [6, 6.07) is 0. The molecule has 1 saturated heterocycles. The lowest BCUT2D eigenvalue weighted by atomic mass is 10.2. The Balaban J connectivity index is 1.67. The highest BCUT2D eigenvalue weighted by Crippen LogP contribution is 2.66. The molecule has 0 amide bonds. The van der Waals surface area contributed by atoms with Gasteiger partial charge < -0.3 is 35.2 Å². The molecule has 8 N–H and O–H groups in total. The summed E-state index contributed by atoms with van der Waals surface area (Å²) in [4.78, 5) is 57.5. The van der Waals surface area contributed by atoms with Crippen LogP contribution in [0, 0.1) is 0 Å². The van der Waals surface area contributed by atoms with Gasteiger partial charge in [0.05, 0.1) is 19.0 Å². The van der Waals surface area contributed by atoms with Crippen molar-refractivity contribution >= 4 is 40.6 Å². The van der Waals surface area contributed by atoms with Gasteiger partial charge in [0.15, 0.2) is 11.2 Å². The third kappa shape index (κ3) is 6.04. The first-order valence-electron chi connectivity index (χ1n) is 8.00. The maximum absolute atomic E-state index is 11.8. The first kappa shape index (κ1) is 24.1. The number of ether oxygens (including phenoxy) is 1. The number of imidazole rings is 1. The second kappa shape index (κ2) is 8.44. The fourth-order valence-corrected chi connectivity index (χ4v) is 5.69. The zero-order valence-corrected chi connectivity index (χ0v) is 17.7. The van der Waals surface area contributed by atoms with Gasteiger partial charge in [-0.05, 0) is 0 Å². The minimum atomic E-state index is -5.67. The average Bonchev–Trinajstić information content (AvgIpc) is 3.13. The molecule has 18 nitrogen and oxygen atoms in total. The van der Waals surface area contributed by atoms with Crippen LogP contribution in [-0.4, -0.2) is 63.0 Å². The largest absolute Gasteiger partial charge is 0.490 e. The molecule has 0 bridgehead atoms. The van der Waals surface area contributed by atoms with E-state index in [1.54, 1.807) is 0 Å². The molecule has 5 atom stereocenters. The van der Waals surface area contributed by atoms with E-state index < -0.39 is 54.1 Å². The molecule has 2 aromatic rings. The molecule has 21 heteroatoms. The van der Waals surface area contributed by atoms with Crippen LogP contribution in [0.1, 0.15) is 12.6 Å². The maximum atomic E-state index is 11.8. The predicted molar refractivity (Wildman–Crippen MR) is 96.9 cm³/mol. The number of hydrogen-bond donors (Lipinski definition) is 7. The van der Waals surface area contributed by atoms with E-state index in [2.05, 4.69) is 28.1 Å². The number of nitrogens with two attached hydrogens (primary N) is 1. The lowest BCUT2D eigenvalue weighted by Gasteiger charge is -2.19. The molecular weight excluding hydrogens is 491 g/mol. The number of nitrogens with zero attached hydrogens (tertiary/aromatic N) is 3. The van der Waals surface area contributed by atoms with Crippen molar-refractivity contribution in [3.8, 4) is 0 Å². The monoisotopic (exact) mass is 507 g/mol. The molecule has 1 aliphatic rings. The number of hydrogen-bond acceptors (Lipinski definition) is 12. The molecule has 0 aromatic carbocycles. The van der Waals surface area contributed by atoms with E-state index in [0.29, 0.717) is 0 Å². The van der Waals surface area contributed by atoms with Gasteiger partial charge in [0.1, 0.15) is 12.3 Å². The molecule has 3 heterocycles. The third-order valence-electron chi connectivity index (χ3n) is 3.78. The van der Waals surface area contributed by atoms with Gasteiger partial charge in [-0.1, -0.05) is 0 Å². The lowest BCUT2D eigenvalue weighted by molar-refractivity contribution is -0.0423. The molecule has 1 fully saturated rings. The van der Waals surface area contributed by atoms with Gasteiger partial charge in [0, 0.05) is 6.42 Å². The van der Waals surface area contributed by atoms with Crippen LogP contribution in [-0.2, 0) is 31.6 Å². The van der Waals surface area contributed by atoms with Crippen molar-refractivity contribution in [2.24, 2.45) is 0 Å². The van der Waals surface area contributed by atoms with Crippen molar-refractivity contribution in [1.29, 1.82) is 0 Å². The van der Waals surface area contributed by atoms with Gasteiger partial charge in [-0.15, -0.1) is 0 Å². The summed E-state index contributed by atoms with van der Waals surface area (Å²) in [6.45, 7) is -0.843. The molecule has 174 valence electrons. The van der Waals surface area contributed by atoms with E-state index in [9.17, 15) is 28.5 Å². The summed E-state index contributed by atoms with van der Waals surface area (Å²) in [5.74, 6) is -0.193. The number of anilines is 1. The van der Waals surface area contributed by atoms with Crippen LogP contribution in [0.3, 0.4) is 0 Å². The quantitative estimate of drug-likeness (QED) is 0.204. The Labute approximate surface area is 171 Å². The fraction of sp³-hybridized carbons (Fsp3) is 0.500. The first-order valence-corrected chi connectivity index (χ1v) is 12.5. The number of nitrogens with one attached hydrogen (secondary N) is 1. The van der Waals surface area contributed by atoms with Gasteiger partial charge in [-0.2, -0.15) is 13.6 Å². The molecule has 0 aliphatic carbocycles. The van der Waals surface area contributed by atoms with Crippen LogP contribution in [0.4, 0.5) is 5.95 Å². The Bertz CT molecular complexity index is 1170. The minimum Gasteiger partial charge on any atom is -0.390 e. The molecule has 31 heavy (non-hydrogen) atoms. The SMILES string of the molecule is Nc1nc2c(ncn2[C@H]2C[C@@H](O)[C@H](COP(=O)(O)OP(=O)(O)OP(=O)(O)O)O2)c(=O)[nH]1. The zero-order valence-electron chi connectivity index (χ0n) is 15.0. The second-order valence-corrected chi connectivity index (χ2v) is 10.5. The lowest BCUT2D eigenvalue weighted by Crippen LogP contribution is -2.26. The minimum absolute atomic E-state index is 0.0481. The highest BCUT2D eigenvalue weighted by Gasteiger charge is 2.43. The summed E-state index contributed by atoms with van der Waals surface area (Å²) >= 11 is 0. The van der Waals surface area contributed by atoms with Gasteiger partial charge >= 0.3 is 23.5 Å².